The maximum absolute atomic E-state index is 12.3. The van der Waals surface area contributed by atoms with Gasteiger partial charge in [0.05, 0.1) is 10.6 Å². The van der Waals surface area contributed by atoms with E-state index in [1.165, 1.54) is 0 Å². The number of para-hydroxylation sites is 1. The molecule has 28 heavy (non-hydrogen) atoms. The summed E-state index contributed by atoms with van der Waals surface area (Å²) in [4.78, 5) is 28.9. The first kappa shape index (κ1) is 17.9. The molecular weight excluding hydrogens is 374 g/mol. The zero-order chi connectivity index (χ0) is 19.7. The Hall–Kier alpha value is -3.45. The summed E-state index contributed by atoms with van der Waals surface area (Å²) in [5.41, 5.74) is 4.25. The van der Waals surface area contributed by atoms with Gasteiger partial charge in [0, 0.05) is 23.0 Å². The number of nitrogens with zero attached hydrogens (tertiary/aromatic N) is 2. The number of carbonyl (C=O) groups is 1. The molecule has 0 spiro atoms. The molecule has 0 radical (unpaired) electrons. The van der Waals surface area contributed by atoms with Crippen molar-refractivity contribution in [3.63, 3.8) is 0 Å². The lowest BCUT2D eigenvalue weighted by Gasteiger charge is -2.07. The average Bonchev–Trinajstić information content (AvgIpc) is 3.18. The van der Waals surface area contributed by atoms with Crippen LogP contribution in [-0.4, -0.2) is 21.8 Å². The minimum Gasteiger partial charge on any atom is -0.493 e. The molecule has 1 aromatic heterocycles. The van der Waals surface area contributed by atoms with Crippen LogP contribution in [0.2, 0.25) is 0 Å². The number of amides is 1. The van der Waals surface area contributed by atoms with Crippen LogP contribution in [0, 0.1) is 6.92 Å². The molecule has 0 unspecified atom stereocenters. The number of thiazole rings is 1. The molecule has 2 heterocycles. The van der Waals surface area contributed by atoms with E-state index in [0.717, 1.165) is 38.3 Å². The van der Waals surface area contributed by atoms with E-state index < -0.39 is 4.87 Å². The maximum atomic E-state index is 12.3. The summed E-state index contributed by atoms with van der Waals surface area (Å²) in [6.45, 7) is 1.66. The molecule has 0 aliphatic carbocycles. The molecule has 1 aliphatic heterocycles. The van der Waals surface area contributed by atoms with Gasteiger partial charge in [-0.25, -0.2) is 0 Å². The fourth-order valence-electron chi connectivity index (χ4n) is 3.01. The number of aromatic nitrogens is 1. The van der Waals surface area contributed by atoms with E-state index in [2.05, 4.69) is 10.3 Å². The zero-order valence-corrected chi connectivity index (χ0v) is 15.9. The predicted molar refractivity (Wildman–Crippen MR) is 113 cm³/mol. The van der Waals surface area contributed by atoms with Gasteiger partial charge in [-0.2, -0.15) is 0 Å². The Morgan fingerprint density at radius 1 is 1.25 bits per heavy atom. The highest BCUT2D eigenvalue weighted by atomic mass is 32.1. The molecule has 0 saturated heterocycles. The van der Waals surface area contributed by atoms with Crippen molar-refractivity contribution < 1.29 is 9.90 Å². The first-order chi connectivity index (χ1) is 13.5. The largest absolute Gasteiger partial charge is 0.493 e. The van der Waals surface area contributed by atoms with Crippen LogP contribution in [0.25, 0.3) is 11.6 Å². The van der Waals surface area contributed by atoms with E-state index >= 15 is 0 Å². The number of hydrogen-bond acceptors (Lipinski definition) is 5. The first-order valence-electron chi connectivity index (χ1n) is 8.65. The third-order valence-electron chi connectivity index (χ3n) is 4.34. The third-order valence-corrected chi connectivity index (χ3v) is 5.26. The van der Waals surface area contributed by atoms with Gasteiger partial charge in [0.25, 0.3) is 0 Å². The minimum atomic E-state index is -0.396. The quantitative estimate of drug-likeness (QED) is 0.709. The fraction of sp³-hybridized carbons (Fsp3) is 0.0952. The van der Waals surface area contributed by atoms with Crippen LogP contribution in [0.5, 0.6) is 5.88 Å². The van der Waals surface area contributed by atoms with Crippen molar-refractivity contribution in [3.8, 4) is 5.88 Å². The Morgan fingerprint density at radius 2 is 2.07 bits per heavy atom. The lowest BCUT2D eigenvalue weighted by atomic mass is 10.1. The van der Waals surface area contributed by atoms with Crippen molar-refractivity contribution in [2.45, 2.75) is 13.5 Å². The zero-order valence-electron chi connectivity index (χ0n) is 15.0. The molecule has 2 aromatic carbocycles. The van der Waals surface area contributed by atoms with E-state index in [1.807, 2.05) is 49.4 Å². The number of nitrogens with one attached hydrogen (secondary N) is 1. The van der Waals surface area contributed by atoms with Crippen molar-refractivity contribution in [2.75, 3.05) is 5.32 Å². The number of aryl methyl sites for hydroxylation is 1. The number of benzene rings is 2. The van der Waals surface area contributed by atoms with Crippen LogP contribution in [0.4, 0.5) is 11.4 Å². The molecule has 3 aromatic rings. The monoisotopic (exact) mass is 391 g/mol. The lowest BCUT2D eigenvalue weighted by molar-refractivity contribution is -0.116. The summed E-state index contributed by atoms with van der Waals surface area (Å²) in [5, 5.41) is 13.2. The van der Waals surface area contributed by atoms with E-state index in [4.69, 9.17) is 0 Å². The van der Waals surface area contributed by atoms with E-state index in [-0.39, 0.29) is 18.3 Å². The van der Waals surface area contributed by atoms with Crippen molar-refractivity contribution in [1.82, 2.24) is 4.57 Å². The normalized spacial score (nSPS) is 13.7. The maximum Gasteiger partial charge on any atom is 0.311 e. The Balaban J connectivity index is 1.57. The standard InChI is InChI=1S/C21H17N3O3S/c1-13-5-4-6-15(9-13)23-19(25)12-24-20(26)18(28-21(24)27)10-14-11-22-17-8-3-2-7-16(14)17/h2-11,26H,12H2,1H3,(H,23,25). The number of fused-ring (bicyclic) bond motifs is 1. The number of aromatic hydroxyl groups is 1. The van der Waals surface area contributed by atoms with E-state index in [9.17, 15) is 14.7 Å². The Bertz CT molecular complexity index is 1190. The SMILES string of the molecule is Cc1cccc(NC(=O)Cn2c(O)c(C=C3C=Nc4ccccc43)sc2=O)c1. The second kappa shape index (κ2) is 7.28. The predicted octanol–water partition coefficient (Wildman–Crippen LogP) is 3.82. The van der Waals surface area contributed by atoms with Gasteiger partial charge in [0.2, 0.25) is 11.8 Å². The number of hydrogen-bond donors (Lipinski definition) is 2. The van der Waals surface area contributed by atoms with E-state index in [0.29, 0.717) is 10.6 Å². The smallest absolute Gasteiger partial charge is 0.311 e. The van der Waals surface area contributed by atoms with Gasteiger partial charge in [-0.05, 0) is 36.8 Å². The molecule has 0 atom stereocenters. The second-order valence-electron chi connectivity index (χ2n) is 6.43. The highest BCUT2D eigenvalue weighted by molar-refractivity contribution is 7.10. The highest BCUT2D eigenvalue weighted by Gasteiger charge is 2.18. The number of anilines is 1. The second-order valence-corrected chi connectivity index (χ2v) is 7.43. The summed E-state index contributed by atoms with van der Waals surface area (Å²) in [7, 11) is 0. The molecule has 2 N–H and O–H groups in total. The highest BCUT2D eigenvalue weighted by Crippen LogP contribution is 2.34. The Labute approximate surface area is 165 Å². The minimum absolute atomic E-state index is 0.223. The number of carbonyl (C=O) groups excluding carboxylic acids is 1. The van der Waals surface area contributed by atoms with Crippen LogP contribution in [-0.2, 0) is 11.3 Å². The van der Waals surface area contributed by atoms with Gasteiger partial charge in [-0.3, -0.25) is 19.1 Å². The topological polar surface area (TPSA) is 83.7 Å². The van der Waals surface area contributed by atoms with Gasteiger partial charge in [0.15, 0.2) is 0 Å². The molecule has 0 fully saturated rings. The molecule has 6 nitrogen and oxygen atoms in total. The molecule has 1 amide bonds. The summed E-state index contributed by atoms with van der Waals surface area (Å²) < 4.78 is 1.07. The Morgan fingerprint density at radius 3 is 2.89 bits per heavy atom. The average molecular weight is 391 g/mol. The van der Waals surface area contributed by atoms with Gasteiger partial charge in [-0.1, -0.05) is 41.7 Å². The molecule has 1 aliphatic rings. The van der Waals surface area contributed by atoms with Crippen LogP contribution in [0.1, 0.15) is 16.0 Å². The van der Waals surface area contributed by atoms with Crippen molar-refractivity contribution in [2.24, 2.45) is 4.99 Å². The number of aliphatic imine (C=N–C) groups is 1. The van der Waals surface area contributed by atoms with Gasteiger partial charge >= 0.3 is 4.87 Å². The fourth-order valence-corrected chi connectivity index (χ4v) is 3.85. The molecule has 0 saturated carbocycles. The molecule has 140 valence electrons. The first-order valence-corrected chi connectivity index (χ1v) is 9.47. The number of rotatable bonds is 4. The van der Waals surface area contributed by atoms with Crippen LogP contribution < -0.4 is 10.2 Å². The van der Waals surface area contributed by atoms with Gasteiger partial charge in [0.1, 0.15) is 6.54 Å². The molecule has 7 heteroatoms. The van der Waals surface area contributed by atoms with Crippen molar-refractivity contribution >= 4 is 46.5 Å². The van der Waals surface area contributed by atoms with Gasteiger partial charge < -0.3 is 10.4 Å². The summed E-state index contributed by atoms with van der Waals surface area (Å²) >= 11 is 0.893. The third kappa shape index (κ3) is 3.52. The summed E-state index contributed by atoms with van der Waals surface area (Å²) in [6, 6.07) is 15.0. The van der Waals surface area contributed by atoms with E-state index in [1.54, 1.807) is 18.4 Å². The molecule has 0 bridgehead atoms. The summed E-state index contributed by atoms with van der Waals surface area (Å²) in [6.07, 6.45) is 3.41. The van der Waals surface area contributed by atoms with Crippen LogP contribution >= 0.6 is 11.3 Å². The number of allylic oxidation sites excluding steroid dienone is 1. The molecular formula is C21H17N3O3S. The van der Waals surface area contributed by atoms with Crippen LogP contribution in [0.15, 0.2) is 58.3 Å². The van der Waals surface area contributed by atoms with Crippen molar-refractivity contribution in [1.29, 1.82) is 0 Å². The molecule has 4 rings (SSSR count). The lowest BCUT2D eigenvalue weighted by Crippen LogP contribution is -2.24. The van der Waals surface area contributed by atoms with Crippen molar-refractivity contribution in [3.05, 3.63) is 74.2 Å². The summed E-state index contributed by atoms with van der Waals surface area (Å²) in [5.74, 6) is -0.604. The van der Waals surface area contributed by atoms with Crippen LogP contribution in [0.3, 0.4) is 0 Å². The Kier molecular flexibility index (Phi) is 4.67. The van der Waals surface area contributed by atoms with Gasteiger partial charge in [-0.15, -0.1) is 0 Å².